The van der Waals surface area contributed by atoms with Crippen molar-refractivity contribution in [3.63, 3.8) is 0 Å². The molecule has 3 aromatic rings. The van der Waals surface area contributed by atoms with Crippen LogP contribution < -0.4 is 18.8 Å². The van der Waals surface area contributed by atoms with E-state index in [0.29, 0.717) is 5.69 Å². The lowest BCUT2D eigenvalue weighted by Crippen LogP contribution is -2.44. The quantitative estimate of drug-likeness (QED) is 0.612. The van der Waals surface area contributed by atoms with Crippen LogP contribution in [-0.4, -0.2) is 33.6 Å². The number of rotatable bonds is 6. The molecule has 1 fully saturated rings. The number of hydrogen-bond donors (Lipinski definition) is 1. The molecule has 7 nitrogen and oxygen atoms in total. The van der Waals surface area contributed by atoms with E-state index in [0.717, 1.165) is 29.9 Å². The molecule has 0 bridgehead atoms. The van der Waals surface area contributed by atoms with E-state index in [1.165, 1.54) is 8.61 Å². The van der Waals surface area contributed by atoms with Gasteiger partial charge in [-0.3, -0.25) is 4.90 Å². The lowest BCUT2D eigenvalue weighted by Gasteiger charge is -2.25. The zero-order valence-electron chi connectivity index (χ0n) is 17.5. The van der Waals surface area contributed by atoms with Crippen LogP contribution in [-0.2, 0) is 10.2 Å². The predicted octanol–water partition coefficient (Wildman–Crippen LogP) is 4.27. The van der Waals surface area contributed by atoms with Gasteiger partial charge in [-0.25, -0.2) is 13.4 Å². The van der Waals surface area contributed by atoms with Gasteiger partial charge in [0, 0.05) is 12.6 Å². The van der Waals surface area contributed by atoms with Gasteiger partial charge in [0.25, 0.3) is 0 Å². The highest BCUT2D eigenvalue weighted by molar-refractivity contribution is 7.94. The number of nitrogens with one attached hydrogen (secondary N) is 1. The minimum Gasteiger partial charge on any atom is -0.336 e. The smallest absolute Gasteiger partial charge is 0.326 e. The Kier molecular flexibility index (Phi) is 5.22. The SMILES string of the molecule is O=C(NCCN1c2ccccc2N(C2CC2)S1(=O)=O)N(c1ccccc1)c1ccccc1. The fourth-order valence-corrected chi connectivity index (χ4v) is 5.96. The first kappa shape index (κ1) is 20.4. The van der Waals surface area contributed by atoms with E-state index in [1.807, 2.05) is 84.9 Å². The molecule has 32 heavy (non-hydrogen) atoms. The van der Waals surface area contributed by atoms with Gasteiger partial charge in [-0.15, -0.1) is 0 Å². The number of fused-ring (bicyclic) bond motifs is 1. The number of hydrogen-bond acceptors (Lipinski definition) is 3. The highest BCUT2D eigenvalue weighted by Gasteiger charge is 2.47. The van der Waals surface area contributed by atoms with Crippen LogP contribution in [0.15, 0.2) is 84.9 Å². The molecule has 3 aromatic carbocycles. The second-order valence-corrected chi connectivity index (χ2v) is 9.56. The summed E-state index contributed by atoms with van der Waals surface area (Å²) in [7, 11) is -3.64. The van der Waals surface area contributed by atoms with Crippen molar-refractivity contribution in [3.05, 3.63) is 84.9 Å². The summed E-state index contributed by atoms with van der Waals surface area (Å²) in [5.74, 6) is 0. The second-order valence-electron chi connectivity index (χ2n) is 7.83. The number of carbonyl (C=O) groups excluding carboxylic acids is 1. The molecule has 1 saturated carbocycles. The van der Waals surface area contributed by atoms with Gasteiger partial charge in [0.05, 0.1) is 29.3 Å². The Morgan fingerprint density at radius 2 is 1.38 bits per heavy atom. The Labute approximate surface area is 188 Å². The molecular weight excluding hydrogens is 424 g/mol. The van der Waals surface area contributed by atoms with Crippen LogP contribution in [0.4, 0.5) is 27.5 Å². The molecule has 1 heterocycles. The number of para-hydroxylation sites is 4. The fourth-order valence-electron chi connectivity index (χ4n) is 4.03. The molecule has 0 spiro atoms. The molecular formula is C24H24N4O3S. The lowest BCUT2D eigenvalue weighted by atomic mass is 10.2. The second kappa shape index (κ2) is 8.20. The summed E-state index contributed by atoms with van der Waals surface area (Å²) in [5.41, 5.74) is 2.85. The van der Waals surface area contributed by atoms with E-state index < -0.39 is 10.2 Å². The Morgan fingerprint density at radius 1 is 0.844 bits per heavy atom. The van der Waals surface area contributed by atoms with Crippen LogP contribution in [0, 0.1) is 0 Å². The average Bonchev–Trinajstić information content (AvgIpc) is 3.60. The van der Waals surface area contributed by atoms with E-state index in [2.05, 4.69) is 5.32 Å². The van der Waals surface area contributed by atoms with Crippen LogP contribution in [0.5, 0.6) is 0 Å². The van der Waals surface area contributed by atoms with Crippen LogP contribution >= 0.6 is 0 Å². The van der Waals surface area contributed by atoms with Crippen LogP contribution in [0.3, 0.4) is 0 Å². The van der Waals surface area contributed by atoms with Crippen molar-refractivity contribution in [1.82, 2.24) is 5.32 Å². The number of benzene rings is 3. The molecule has 1 N–H and O–H groups in total. The van der Waals surface area contributed by atoms with E-state index in [9.17, 15) is 13.2 Å². The van der Waals surface area contributed by atoms with E-state index in [-0.39, 0.29) is 25.2 Å². The number of nitrogens with zero attached hydrogens (tertiary/aromatic N) is 3. The van der Waals surface area contributed by atoms with Crippen molar-refractivity contribution in [2.75, 3.05) is 26.6 Å². The van der Waals surface area contributed by atoms with Crippen molar-refractivity contribution in [2.45, 2.75) is 18.9 Å². The fraction of sp³-hybridized carbons (Fsp3) is 0.208. The molecule has 2 aliphatic rings. The first-order chi connectivity index (χ1) is 15.6. The molecule has 8 heteroatoms. The normalized spacial score (nSPS) is 16.5. The Balaban J connectivity index is 1.34. The zero-order chi connectivity index (χ0) is 22.1. The van der Waals surface area contributed by atoms with Gasteiger partial charge in [-0.2, -0.15) is 8.42 Å². The minimum atomic E-state index is -3.64. The highest BCUT2D eigenvalue weighted by atomic mass is 32.2. The maximum Gasteiger partial charge on any atom is 0.326 e. The summed E-state index contributed by atoms with van der Waals surface area (Å²) < 4.78 is 29.4. The summed E-state index contributed by atoms with van der Waals surface area (Å²) in [6, 6.07) is 25.8. The van der Waals surface area contributed by atoms with Crippen LogP contribution in [0.25, 0.3) is 0 Å². The molecule has 0 aromatic heterocycles. The maximum absolute atomic E-state index is 13.2. The molecule has 0 atom stereocenters. The predicted molar refractivity (Wildman–Crippen MR) is 127 cm³/mol. The summed E-state index contributed by atoms with van der Waals surface area (Å²) in [6.07, 6.45) is 1.75. The molecule has 164 valence electrons. The van der Waals surface area contributed by atoms with Gasteiger partial charge < -0.3 is 5.32 Å². The van der Waals surface area contributed by atoms with Crippen molar-refractivity contribution in [2.24, 2.45) is 0 Å². The lowest BCUT2D eigenvalue weighted by molar-refractivity contribution is 0.249. The van der Waals surface area contributed by atoms with E-state index in [4.69, 9.17) is 0 Å². The molecule has 1 aliphatic heterocycles. The summed E-state index contributed by atoms with van der Waals surface area (Å²) in [6.45, 7) is 0.340. The van der Waals surface area contributed by atoms with Crippen LogP contribution in [0.1, 0.15) is 12.8 Å². The van der Waals surface area contributed by atoms with Gasteiger partial charge in [0.1, 0.15) is 0 Å². The largest absolute Gasteiger partial charge is 0.336 e. The van der Waals surface area contributed by atoms with Gasteiger partial charge in [0.2, 0.25) is 0 Å². The first-order valence-electron chi connectivity index (χ1n) is 10.7. The van der Waals surface area contributed by atoms with E-state index in [1.54, 1.807) is 4.90 Å². The third-order valence-electron chi connectivity index (χ3n) is 5.62. The average molecular weight is 449 g/mol. The monoisotopic (exact) mass is 448 g/mol. The molecule has 0 unspecified atom stereocenters. The van der Waals surface area contributed by atoms with Crippen molar-refractivity contribution >= 4 is 39.0 Å². The van der Waals surface area contributed by atoms with Crippen LogP contribution in [0.2, 0.25) is 0 Å². The molecule has 1 aliphatic carbocycles. The number of urea groups is 1. The summed E-state index contributed by atoms with van der Waals surface area (Å²) in [5, 5.41) is 2.90. The molecule has 0 saturated heterocycles. The highest BCUT2D eigenvalue weighted by Crippen LogP contribution is 2.46. The third-order valence-corrected chi connectivity index (χ3v) is 7.54. The Hall–Kier alpha value is -3.52. The van der Waals surface area contributed by atoms with Crippen molar-refractivity contribution < 1.29 is 13.2 Å². The Morgan fingerprint density at radius 3 is 1.94 bits per heavy atom. The number of amides is 2. The minimum absolute atomic E-state index is 0.0346. The van der Waals surface area contributed by atoms with Gasteiger partial charge in [-0.05, 0) is 49.2 Å². The first-order valence-corrected chi connectivity index (χ1v) is 12.1. The van der Waals surface area contributed by atoms with Gasteiger partial charge >= 0.3 is 16.2 Å². The van der Waals surface area contributed by atoms with E-state index >= 15 is 0 Å². The maximum atomic E-state index is 13.2. The Bertz CT molecular complexity index is 1170. The van der Waals surface area contributed by atoms with Crippen molar-refractivity contribution in [1.29, 1.82) is 0 Å². The topological polar surface area (TPSA) is 73.0 Å². The van der Waals surface area contributed by atoms with Crippen molar-refractivity contribution in [3.8, 4) is 0 Å². The summed E-state index contributed by atoms with van der Waals surface area (Å²) >= 11 is 0. The summed E-state index contributed by atoms with van der Waals surface area (Å²) in [4.78, 5) is 14.7. The number of carbonyl (C=O) groups is 1. The molecule has 5 rings (SSSR count). The van der Waals surface area contributed by atoms with Gasteiger partial charge in [0.15, 0.2) is 0 Å². The number of anilines is 4. The zero-order valence-corrected chi connectivity index (χ0v) is 18.3. The molecule has 0 radical (unpaired) electrons. The standard InChI is InChI=1S/C24H24N4O3S/c29-24(27(19-9-3-1-4-10-19)20-11-5-2-6-12-20)25-17-18-26-22-13-7-8-14-23(22)28(21-15-16-21)32(26,30)31/h1-14,21H,15-18H2,(H,25,29). The third kappa shape index (κ3) is 3.67. The van der Waals surface area contributed by atoms with Gasteiger partial charge in [-0.1, -0.05) is 48.5 Å². The molecule has 2 amide bonds.